The van der Waals surface area contributed by atoms with Gasteiger partial charge in [0.05, 0.1) is 18.5 Å². The SMILES string of the molecule is CC(O)Oc1ccc(N)cc1N.CNc1nc(OC)ccc1N. The summed E-state index contributed by atoms with van der Waals surface area (Å²) in [5, 5.41) is 11.7. The molecule has 0 aliphatic carbocycles. The van der Waals surface area contributed by atoms with Crippen molar-refractivity contribution in [3.8, 4) is 11.6 Å². The summed E-state index contributed by atoms with van der Waals surface area (Å²) >= 11 is 0. The van der Waals surface area contributed by atoms with Gasteiger partial charge in [-0.1, -0.05) is 0 Å². The Bertz CT molecular complexity index is 635. The van der Waals surface area contributed by atoms with Gasteiger partial charge in [0.2, 0.25) is 5.88 Å². The molecule has 0 aliphatic rings. The lowest BCUT2D eigenvalue weighted by Gasteiger charge is -2.10. The number of nitrogens with two attached hydrogens (primary N) is 3. The summed E-state index contributed by atoms with van der Waals surface area (Å²) in [6.45, 7) is 1.51. The summed E-state index contributed by atoms with van der Waals surface area (Å²) in [6.07, 6.45) is -0.865. The Kier molecular flexibility index (Phi) is 6.75. The molecule has 0 fully saturated rings. The first-order valence-corrected chi connectivity index (χ1v) is 6.85. The number of anilines is 4. The fourth-order valence-corrected chi connectivity index (χ4v) is 1.62. The first-order chi connectivity index (χ1) is 10.9. The van der Waals surface area contributed by atoms with Crippen molar-refractivity contribution >= 4 is 22.9 Å². The van der Waals surface area contributed by atoms with Crippen LogP contribution in [0.3, 0.4) is 0 Å². The predicted molar refractivity (Wildman–Crippen MR) is 92.3 cm³/mol. The van der Waals surface area contributed by atoms with Gasteiger partial charge in [0.15, 0.2) is 12.1 Å². The maximum atomic E-state index is 8.89. The van der Waals surface area contributed by atoms with Crippen LogP contribution in [0, 0.1) is 0 Å². The van der Waals surface area contributed by atoms with E-state index >= 15 is 0 Å². The maximum absolute atomic E-state index is 8.89. The molecule has 0 radical (unpaired) electrons. The van der Waals surface area contributed by atoms with E-state index in [1.165, 1.54) is 6.92 Å². The van der Waals surface area contributed by atoms with E-state index in [9.17, 15) is 0 Å². The average molecular weight is 321 g/mol. The van der Waals surface area contributed by atoms with Gasteiger partial charge < -0.3 is 37.1 Å². The third-order valence-corrected chi connectivity index (χ3v) is 2.68. The van der Waals surface area contributed by atoms with Crippen LogP contribution in [-0.4, -0.2) is 30.5 Å². The van der Waals surface area contributed by atoms with Crippen molar-refractivity contribution < 1.29 is 14.6 Å². The minimum Gasteiger partial charge on any atom is -0.481 e. The molecule has 0 bridgehead atoms. The van der Waals surface area contributed by atoms with E-state index < -0.39 is 6.29 Å². The fraction of sp³-hybridized carbons (Fsp3) is 0.267. The number of nitrogens with one attached hydrogen (secondary N) is 1. The topological polar surface area (TPSA) is 142 Å². The third-order valence-electron chi connectivity index (χ3n) is 2.68. The Labute approximate surface area is 135 Å². The minimum atomic E-state index is -0.865. The highest BCUT2D eigenvalue weighted by Gasteiger charge is 2.02. The zero-order valence-corrected chi connectivity index (χ0v) is 13.4. The summed E-state index contributed by atoms with van der Waals surface area (Å²) < 4.78 is 9.88. The third kappa shape index (κ3) is 5.79. The average Bonchev–Trinajstić information content (AvgIpc) is 2.51. The van der Waals surface area contributed by atoms with Crippen molar-refractivity contribution in [2.24, 2.45) is 0 Å². The number of benzene rings is 1. The molecule has 23 heavy (non-hydrogen) atoms. The van der Waals surface area contributed by atoms with Crippen molar-refractivity contribution in [1.82, 2.24) is 4.98 Å². The van der Waals surface area contributed by atoms with E-state index in [1.54, 1.807) is 44.5 Å². The molecule has 1 aromatic heterocycles. The van der Waals surface area contributed by atoms with Crippen LogP contribution in [0.5, 0.6) is 11.6 Å². The van der Waals surface area contributed by atoms with Crippen LogP contribution in [0.4, 0.5) is 22.9 Å². The van der Waals surface area contributed by atoms with Crippen LogP contribution >= 0.6 is 0 Å². The zero-order valence-electron chi connectivity index (χ0n) is 13.4. The van der Waals surface area contributed by atoms with E-state index in [-0.39, 0.29) is 0 Å². The molecular weight excluding hydrogens is 298 g/mol. The molecule has 126 valence electrons. The highest BCUT2D eigenvalue weighted by atomic mass is 16.6. The van der Waals surface area contributed by atoms with E-state index in [2.05, 4.69) is 10.3 Å². The second-order valence-corrected chi connectivity index (χ2v) is 4.56. The second-order valence-electron chi connectivity index (χ2n) is 4.56. The Hall–Kier alpha value is -2.87. The Morgan fingerprint density at radius 2 is 1.83 bits per heavy atom. The van der Waals surface area contributed by atoms with Gasteiger partial charge in [0, 0.05) is 18.8 Å². The lowest BCUT2D eigenvalue weighted by atomic mass is 10.2. The van der Waals surface area contributed by atoms with Crippen LogP contribution < -0.4 is 32.0 Å². The fourth-order valence-electron chi connectivity index (χ4n) is 1.62. The van der Waals surface area contributed by atoms with Gasteiger partial charge in [0.25, 0.3) is 0 Å². The summed E-state index contributed by atoms with van der Waals surface area (Å²) in [5.74, 6) is 1.65. The molecule has 1 unspecified atom stereocenters. The van der Waals surface area contributed by atoms with Gasteiger partial charge in [-0.05, 0) is 31.2 Å². The van der Waals surface area contributed by atoms with Gasteiger partial charge in [-0.3, -0.25) is 0 Å². The lowest BCUT2D eigenvalue weighted by molar-refractivity contribution is 0.000282. The van der Waals surface area contributed by atoms with Crippen molar-refractivity contribution in [1.29, 1.82) is 0 Å². The predicted octanol–water partition coefficient (Wildman–Crippen LogP) is 1.28. The van der Waals surface area contributed by atoms with Crippen LogP contribution in [0.15, 0.2) is 30.3 Å². The van der Waals surface area contributed by atoms with Crippen LogP contribution in [0.1, 0.15) is 6.92 Å². The number of ether oxygens (including phenoxy) is 2. The quantitative estimate of drug-likeness (QED) is 0.419. The van der Waals surface area contributed by atoms with Gasteiger partial charge in [-0.25, -0.2) is 0 Å². The number of nitrogens with zero attached hydrogens (tertiary/aromatic N) is 1. The van der Waals surface area contributed by atoms with Crippen molar-refractivity contribution in [3.05, 3.63) is 30.3 Å². The van der Waals surface area contributed by atoms with Gasteiger partial charge in [0.1, 0.15) is 5.75 Å². The highest BCUT2D eigenvalue weighted by molar-refractivity contribution is 5.61. The standard InChI is InChI=1S/C8H12N2O2.C7H11N3O/c1-5(11)12-8-3-2-6(9)4-7(8)10;1-9-7-5(8)3-4-6(10-7)11-2/h2-5,11H,9-10H2,1H3;3-4H,8H2,1-2H3,(H,9,10). The van der Waals surface area contributed by atoms with Crippen LogP contribution in [0.25, 0.3) is 0 Å². The molecule has 8 heteroatoms. The number of methoxy groups -OCH3 is 1. The normalized spacial score (nSPS) is 11.0. The van der Waals surface area contributed by atoms with Crippen molar-refractivity contribution in [2.75, 3.05) is 36.7 Å². The number of rotatable bonds is 4. The molecular formula is C15H23N5O3. The molecule has 0 amide bonds. The van der Waals surface area contributed by atoms with Crippen LogP contribution in [-0.2, 0) is 0 Å². The molecule has 2 rings (SSSR count). The first-order valence-electron chi connectivity index (χ1n) is 6.85. The van der Waals surface area contributed by atoms with E-state index in [1.807, 2.05) is 0 Å². The number of hydrogen-bond donors (Lipinski definition) is 5. The second kappa shape index (κ2) is 8.54. The Balaban J connectivity index is 0.000000231. The van der Waals surface area contributed by atoms with E-state index in [0.717, 1.165) is 0 Å². The van der Waals surface area contributed by atoms with E-state index in [0.29, 0.717) is 34.5 Å². The molecule has 0 spiro atoms. The molecule has 0 aliphatic heterocycles. The lowest BCUT2D eigenvalue weighted by Crippen LogP contribution is -2.10. The number of aliphatic hydroxyl groups is 1. The summed E-state index contributed by atoms with van der Waals surface area (Å²) in [4.78, 5) is 4.05. The number of nitrogen functional groups attached to an aromatic ring is 3. The highest BCUT2D eigenvalue weighted by Crippen LogP contribution is 2.24. The van der Waals surface area contributed by atoms with Gasteiger partial charge in [-0.2, -0.15) is 4.98 Å². The molecule has 1 atom stereocenters. The largest absolute Gasteiger partial charge is 0.481 e. The number of hydrogen-bond acceptors (Lipinski definition) is 8. The number of pyridine rings is 1. The smallest absolute Gasteiger partial charge is 0.215 e. The zero-order chi connectivity index (χ0) is 17.4. The molecule has 8 nitrogen and oxygen atoms in total. The molecule has 0 saturated heterocycles. The minimum absolute atomic E-state index is 0.427. The summed E-state index contributed by atoms with van der Waals surface area (Å²) in [5.41, 5.74) is 18.2. The molecule has 8 N–H and O–H groups in total. The van der Waals surface area contributed by atoms with Crippen LogP contribution in [0.2, 0.25) is 0 Å². The van der Waals surface area contributed by atoms with Gasteiger partial charge >= 0.3 is 0 Å². The first kappa shape index (κ1) is 18.2. The monoisotopic (exact) mass is 321 g/mol. The Morgan fingerprint density at radius 3 is 2.35 bits per heavy atom. The Morgan fingerprint density at radius 1 is 1.13 bits per heavy atom. The molecule has 1 aromatic carbocycles. The summed E-state index contributed by atoms with van der Waals surface area (Å²) in [7, 11) is 3.33. The molecule has 2 aromatic rings. The van der Waals surface area contributed by atoms with Gasteiger partial charge in [-0.15, -0.1) is 0 Å². The summed E-state index contributed by atoms with van der Waals surface area (Å²) in [6, 6.07) is 8.33. The number of aromatic nitrogens is 1. The number of aliphatic hydroxyl groups excluding tert-OH is 1. The maximum Gasteiger partial charge on any atom is 0.215 e. The molecule has 1 heterocycles. The van der Waals surface area contributed by atoms with Crippen molar-refractivity contribution in [3.63, 3.8) is 0 Å². The van der Waals surface area contributed by atoms with Crippen molar-refractivity contribution in [2.45, 2.75) is 13.2 Å². The van der Waals surface area contributed by atoms with E-state index in [4.69, 9.17) is 31.8 Å². The molecule has 0 saturated carbocycles.